The van der Waals surface area contributed by atoms with Gasteiger partial charge >= 0.3 is 23.7 Å². The Hall–Kier alpha value is -2.08. The van der Waals surface area contributed by atoms with E-state index < -0.39 is 48.6 Å². The summed E-state index contributed by atoms with van der Waals surface area (Å²) in [6.07, 6.45) is -5.90. The van der Waals surface area contributed by atoms with Gasteiger partial charge in [-0.05, 0) is 12.1 Å². The van der Waals surface area contributed by atoms with Crippen molar-refractivity contribution < 1.29 is 49.3 Å². The molecule has 2 aliphatic rings. The lowest BCUT2D eigenvalue weighted by molar-refractivity contribution is -0.508. The van der Waals surface area contributed by atoms with Crippen molar-refractivity contribution in [1.82, 2.24) is 0 Å². The van der Waals surface area contributed by atoms with E-state index in [9.17, 15) is 30.0 Å². The van der Waals surface area contributed by atoms with E-state index in [0.717, 1.165) is 0 Å². The molecule has 1 saturated heterocycles. The molecule has 10 nitrogen and oxygen atoms in total. The molecule has 0 aliphatic carbocycles. The molecule has 2 aliphatic heterocycles. The Morgan fingerprint density at radius 2 is 1.54 bits per heavy atom. The molecule has 1 fully saturated rings. The maximum atomic E-state index is 12.2. The van der Waals surface area contributed by atoms with Crippen molar-refractivity contribution in [2.24, 2.45) is 0 Å². The molecule has 5 atom stereocenters. The summed E-state index contributed by atoms with van der Waals surface area (Å²) in [6, 6.07) is 5.25. The fourth-order valence-electron chi connectivity index (χ4n) is 2.56. The maximum absolute atomic E-state index is 12.2. The predicted octanol–water partition coefficient (Wildman–Crippen LogP) is -2.54. The minimum atomic E-state index is -3.35. The Bertz CT molecular complexity index is 690. The van der Waals surface area contributed by atoms with Gasteiger partial charge in [-0.25, -0.2) is 9.59 Å². The number of aliphatic hydroxyl groups excluding tert-OH is 3. The van der Waals surface area contributed by atoms with Gasteiger partial charge in [0.2, 0.25) is 0 Å². The lowest BCUT2D eigenvalue weighted by Gasteiger charge is -2.50. The minimum Gasteiger partial charge on any atom is -0.417 e. The summed E-state index contributed by atoms with van der Waals surface area (Å²) in [7, 11) is 0. The molecule has 5 N–H and O–H groups in total. The highest BCUT2D eigenvalue weighted by Crippen LogP contribution is 2.41. The summed E-state index contributed by atoms with van der Waals surface area (Å²) >= 11 is 0. The average Bonchev–Trinajstić information content (AvgIpc) is 2.56. The second-order valence-electron chi connectivity index (χ2n) is 5.38. The number of hydrogen-bond acceptors (Lipinski definition) is 10. The molecule has 0 radical (unpaired) electrons. The molecule has 3 rings (SSSR count). The molecule has 1 aromatic rings. The standard InChI is InChI=1S/C14H14O10/c15-5-8-9(16)10(17)13(20)14(21,22-8)24-12(19)7-4-2-1-3-6(7)11(18)23-13/h1-4,8-10,15-17,20-21H,5H2/t8-,9-,10+,13-,14?/m1/s1. The number of carbonyl (C=O) groups is 2. The fourth-order valence-corrected chi connectivity index (χ4v) is 2.56. The van der Waals surface area contributed by atoms with Gasteiger partial charge in [-0.15, -0.1) is 0 Å². The van der Waals surface area contributed by atoms with Crippen LogP contribution < -0.4 is 0 Å². The molecule has 0 bridgehead atoms. The topological polar surface area (TPSA) is 163 Å². The fraction of sp³-hybridized carbons (Fsp3) is 0.429. The van der Waals surface area contributed by atoms with Gasteiger partial charge in [-0.1, -0.05) is 12.1 Å². The molecule has 130 valence electrons. The van der Waals surface area contributed by atoms with Crippen LogP contribution in [0.2, 0.25) is 0 Å². The third-order valence-electron chi connectivity index (χ3n) is 3.90. The summed E-state index contributed by atoms with van der Waals surface area (Å²) in [6.45, 7) is -0.890. The Morgan fingerprint density at radius 3 is 2.08 bits per heavy atom. The highest BCUT2D eigenvalue weighted by Gasteiger charge is 2.70. The van der Waals surface area contributed by atoms with Crippen LogP contribution in [0.1, 0.15) is 20.7 Å². The van der Waals surface area contributed by atoms with Crippen LogP contribution >= 0.6 is 0 Å². The number of rotatable bonds is 1. The largest absolute Gasteiger partial charge is 0.417 e. The third kappa shape index (κ3) is 2.20. The number of esters is 2. The predicted molar refractivity (Wildman–Crippen MR) is 71.1 cm³/mol. The molecule has 1 unspecified atom stereocenters. The van der Waals surface area contributed by atoms with Crippen molar-refractivity contribution in [2.45, 2.75) is 30.1 Å². The van der Waals surface area contributed by atoms with Gasteiger partial charge in [0.25, 0.3) is 0 Å². The van der Waals surface area contributed by atoms with Gasteiger partial charge < -0.3 is 39.7 Å². The van der Waals surface area contributed by atoms with Gasteiger partial charge in [0.1, 0.15) is 12.2 Å². The van der Waals surface area contributed by atoms with Gasteiger partial charge in [0, 0.05) is 0 Å². The zero-order chi connectivity index (χ0) is 17.7. The van der Waals surface area contributed by atoms with E-state index >= 15 is 0 Å². The van der Waals surface area contributed by atoms with Crippen LogP contribution in [0, 0.1) is 0 Å². The third-order valence-corrected chi connectivity index (χ3v) is 3.90. The summed E-state index contributed by atoms with van der Waals surface area (Å²) in [5.74, 6) is -9.18. The van der Waals surface area contributed by atoms with Crippen LogP contribution in [-0.2, 0) is 14.2 Å². The highest BCUT2D eigenvalue weighted by molar-refractivity contribution is 6.03. The van der Waals surface area contributed by atoms with E-state index in [0.29, 0.717) is 0 Å². The first-order chi connectivity index (χ1) is 11.2. The Morgan fingerprint density at radius 1 is 1.00 bits per heavy atom. The van der Waals surface area contributed by atoms with E-state index in [-0.39, 0.29) is 11.1 Å². The first-order valence-corrected chi connectivity index (χ1v) is 6.89. The lowest BCUT2D eigenvalue weighted by atomic mass is 9.93. The molecule has 24 heavy (non-hydrogen) atoms. The van der Waals surface area contributed by atoms with E-state index in [1.54, 1.807) is 0 Å². The number of carbonyl (C=O) groups excluding carboxylic acids is 2. The zero-order valence-corrected chi connectivity index (χ0v) is 12.0. The summed E-state index contributed by atoms with van der Waals surface area (Å²) < 4.78 is 14.2. The summed E-state index contributed by atoms with van der Waals surface area (Å²) in [4.78, 5) is 24.4. The number of aliphatic hydroxyl groups is 5. The minimum absolute atomic E-state index is 0.275. The van der Waals surface area contributed by atoms with E-state index in [1.807, 2.05) is 0 Å². The number of ether oxygens (including phenoxy) is 3. The molecule has 0 amide bonds. The molecule has 0 spiro atoms. The van der Waals surface area contributed by atoms with Crippen LogP contribution in [-0.4, -0.2) is 74.2 Å². The summed E-state index contributed by atoms with van der Waals surface area (Å²) in [5.41, 5.74) is -0.563. The van der Waals surface area contributed by atoms with Crippen LogP contribution in [0.25, 0.3) is 0 Å². The van der Waals surface area contributed by atoms with Crippen LogP contribution in [0.4, 0.5) is 0 Å². The quantitative estimate of drug-likeness (QED) is 0.344. The second-order valence-corrected chi connectivity index (χ2v) is 5.38. The molecule has 0 aromatic heterocycles. The highest BCUT2D eigenvalue weighted by atomic mass is 16.9. The average molecular weight is 342 g/mol. The Labute approximate surface area is 134 Å². The van der Waals surface area contributed by atoms with Crippen LogP contribution in [0.15, 0.2) is 24.3 Å². The van der Waals surface area contributed by atoms with Crippen LogP contribution in [0.5, 0.6) is 0 Å². The molecule has 0 saturated carbocycles. The smallest absolute Gasteiger partial charge is 0.400 e. The van der Waals surface area contributed by atoms with Crippen molar-refractivity contribution in [3.05, 3.63) is 35.4 Å². The van der Waals surface area contributed by atoms with Crippen molar-refractivity contribution in [1.29, 1.82) is 0 Å². The lowest BCUT2D eigenvalue weighted by Crippen LogP contribution is -2.76. The SMILES string of the molecule is O=C1OC2(O)O[C@H](CO)[C@@H](O)[C@H](O)[C@@]2(O)OC(=O)c2ccccc21. The number of hydrogen-bond donors (Lipinski definition) is 5. The monoisotopic (exact) mass is 342 g/mol. The van der Waals surface area contributed by atoms with Gasteiger partial charge in [-0.2, -0.15) is 0 Å². The first kappa shape index (κ1) is 16.8. The second kappa shape index (κ2) is 5.48. The van der Waals surface area contributed by atoms with Crippen molar-refractivity contribution in [2.75, 3.05) is 6.61 Å². The van der Waals surface area contributed by atoms with Crippen LogP contribution in [0.3, 0.4) is 0 Å². The molecule has 1 aromatic carbocycles. The van der Waals surface area contributed by atoms with Crippen molar-refractivity contribution >= 4 is 11.9 Å². The van der Waals surface area contributed by atoms with Gasteiger partial charge in [0.05, 0.1) is 17.7 Å². The summed E-state index contributed by atoms with van der Waals surface area (Å²) in [5, 5.41) is 49.8. The Balaban J connectivity index is 2.13. The van der Waals surface area contributed by atoms with Crippen molar-refractivity contribution in [3.63, 3.8) is 0 Å². The van der Waals surface area contributed by atoms with Crippen molar-refractivity contribution in [3.8, 4) is 0 Å². The maximum Gasteiger partial charge on any atom is 0.400 e. The molecule has 10 heteroatoms. The van der Waals surface area contributed by atoms with E-state index in [1.165, 1.54) is 24.3 Å². The van der Waals surface area contributed by atoms with Gasteiger partial charge in [0.15, 0.2) is 6.10 Å². The Kier molecular flexibility index (Phi) is 3.83. The normalized spacial score (nSPS) is 39.0. The molecular formula is C14H14O10. The zero-order valence-electron chi connectivity index (χ0n) is 12.0. The first-order valence-electron chi connectivity index (χ1n) is 6.89. The van der Waals surface area contributed by atoms with E-state index in [2.05, 4.69) is 0 Å². The van der Waals surface area contributed by atoms with Gasteiger partial charge in [-0.3, -0.25) is 0 Å². The number of fused-ring (bicyclic) bond motifs is 2. The molecular weight excluding hydrogens is 328 g/mol. The molecule has 2 heterocycles. The van der Waals surface area contributed by atoms with E-state index in [4.69, 9.17) is 19.3 Å². The number of benzene rings is 1.